The van der Waals surface area contributed by atoms with Gasteiger partial charge in [-0.3, -0.25) is 0 Å². The maximum absolute atomic E-state index is 6.03. The number of fused-ring (bicyclic) bond motifs is 1. The minimum atomic E-state index is 0. The second-order valence-corrected chi connectivity index (χ2v) is 4.04. The quantitative estimate of drug-likeness (QED) is 0.838. The van der Waals surface area contributed by atoms with Crippen molar-refractivity contribution in [3.05, 3.63) is 29.8 Å². The van der Waals surface area contributed by atoms with E-state index in [1.165, 1.54) is 17.7 Å². The lowest BCUT2D eigenvalue weighted by atomic mass is 9.98. The predicted molar refractivity (Wildman–Crippen MR) is 67.9 cm³/mol. The van der Waals surface area contributed by atoms with Crippen molar-refractivity contribution in [2.75, 3.05) is 18.0 Å². The number of rotatable bonds is 2. The zero-order valence-electron chi connectivity index (χ0n) is 9.15. The van der Waals surface area contributed by atoms with Crippen molar-refractivity contribution in [3.63, 3.8) is 0 Å². The topological polar surface area (TPSA) is 29.3 Å². The first-order valence-corrected chi connectivity index (χ1v) is 5.39. The van der Waals surface area contributed by atoms with Gasteiger partial charge in [-0.05, 0) is 24.5 Å². The Morgan fingerprint density at radius 3 is 2.87 bits per heavy atom. The fourth-order valence-corrected chi connectivity index (χ4v) is 2.20. The molecule has 2 rings (SSSR count). The van der Waals surface area contributed by atoms with Crippen LogP contribution in [0.25, 0.3) is 0 Å². The number of halogens is 1. The van der Waals surface area contributed by atoms with Gasteiger partial charge in [0.15, 0.2) is 0 Å². The van der Waals surface area contributed by atoms with Crippen molar-refractivity contribution >= 4 is 18.1 Å². The summed E-state index contributed by atoms with van der Waals surface area (Å²) in [6.07, 6.45) is 2.21. The first-order valence-electron chi connectivity index (χ1n) is 5.39. The van der Waals surface area contributed by atoms with E-state index in [1.54, 1.807) is 0 Å². The van der Waals surface area contributed by atoms with Crippen molar-refractivity contribution in [2.24, 2.45) is 5.73 Å². The Morgan fingerprint density at radius 2 is 2.13 bits per heavy atom. The van der Waals surface area contributed by atoms with E-state index in [2.05, 4.69) is 36.1 Å². The van der Waals surface area contributed by atoms with Crippen molar-refractivity contribution in [2.45, 2.75) is 25.8 Å². The molecule has 1 aromatic rings. The molecule has 1 aromatic carbocycles. The van der Waals surface area contributed by atoms with Gasteiger partial charge < -0.3 is 10.6 Å². The molecule has 1 aliphatic rings. The van der Waals surface area contributed by atoms with Gasteiger partial charge in [0.2, 0.25) is 0 Å². The molecule has 0 saturated carbocycles. The molecule has 2 N–H and O–H groups in total. The molecule has 0 fully saturated rings. The molecule has 0 aromatic heterocycles. The maximum Gasteiger partial charge on any atom is 0.0399 e. The summed E-state index contributed by atoms with van der Waals surface area (Å²) in [5.74, 6) is 0. The van der Waals surface area contributed by atoms with Crippen LogP contribution in [0, 0.1) is 0 Å². The minimum Gasteiger partial charge on any atom is -0.370 e. The zero-order chi connectivity index (χ0) is 9.97. The fraction of sp³-hybridized carbons (Fsp3) is 0.500. The van der Waals surface area contributed by atoms with Gasteiger partial charge in [0.25, 0.3) is 0 Å². The second-order valence-electron chi connectivity index (χ2n) is 4.04. The molecule has 0 bridgehead atoms. The molecule has 1 atom stereocenters. The molecule has 0 aliphatic carbocycles. The van der Waals surface area contributed by atoms with Crippen molar-refractivity contribution in [1.82, 2.24) is 0 Å². The smallest absolute Gasteiger partial charge is 0.0399 e. The molecule has 2 nitrogen and oxygen atoms in total. The summed E-state index contributed by atoms with van der Waals surface area (Å²) in [6, 6.07) is 8.91. The lowest BCUT2D eigenvalue weighted by Crippen LogP contribution is -2.43. The third-order valence-electron chi connectivity index (χ3n) is 2.76. The van der Waals surface area contributed by atoms with Crippen LogP contribution in [0.1, 0.15) is 18.9 Å². The van der Waals surface area contributed by atoms with E-state index in [9.17, 15) is 0 Å². The van der Waals surface area contributed by atoms with E-state index in [1.807, 2.05) is 0 Å². The van der Waals surface area contributed by atoms with Gasteiger partial charge in [0, 0.05) is 24.8 Å². The Labute approximate surface area is 97.9 Å². The normalized spacial score (nSPS) is 19.3. The standard InChI is InChI=1S/C12H18N2.ClH/c1-2-7-14-9-11(13)8-10-5-3-4-6-12(10)14;/h3-6,11H,2,7-9,13H2,1H3;1H/t11-;/m1./s1. The Bertz CT molecular complexity index is 314. The maximum atomic E-state index is 6.03. The summed E-state index contributed by atoms with van der Waals surface area (Å²) in [5, 5.41) is 0. The molecule has 0 unspecified atom stereocenters. The minimum absolute atomic E-state index is 0. The van der Waals surface area contributed by atoms with Gasteiger partial charge in [-0.25, -0.2) is 0 Å². The van der Waals surface area contributed by atoms with Crippen LogP contribution in [0.2, 0.25) is 0 Å². The first-order chi connectivity index (χ1) is 6.81. The Hall–Kier alpha value is -0.730. The van der Waals surface area contributed by atoms with E-state index in [-0.39, 0.29) is 12.4 Å². The van der Waals surface area contributed by atoms with Crippen molar-refractivity contribution in [1.29, 1.82) is 0 Å². The van der Waals surface area contributed by atoms with Gasteiger partial charge >= 0.3 is 0 Å². The average molecular weight is 227 g/mol. The highest BCUT2D eigenvalue weighted by Gasteiger charge is 2.20. The van der Waals surface area contributed by atoms with Crippen LogP contribution in [-0.4, -0.2) is 19.1 Å². The third kappa shape index (κ3) is 2.64. The number of benzene rings is 1. The van der Waals surface area contributed by atoms with Gasteiger partial charge in [-0.1, -0.05) is 25.1 Å². The number of nitrogens with zero attached hydrogens (tertiary/aromatic N) is 1. The molecule has 3 heteroatoms. The molecule has 0 saturated heterocycles. The molecule has 84 valence electrons. The molecule has 0 radical (unpaired) electrons. The summed E-state index contributed by atoms with van der Waals surface area (Å²) < 4.78 is 0. The summed E-state index contributed by atoms with van der Waals surface area (Å²) in [6.45, 7) is 4.33. The van der Waals surface area contributed by atoms with Crippen LogP contribution >= 0.6 is 12.4 Å². The predicted octanol–water partition coefficient (Wildman–Crippen LogP) is 2.21. The number of anilines is 1. The van der Waals surface area contributed by atoms with Crippen molar-refractivity contribution in [3.8, 4) is 0 Å². The summed E-state index contributed by atoms with van der Waals surface area (Å²) in [7, 11) is 0. The zero-order valence-corrected chi connectivity index (χ0v) is 9.96. The summed E-state index contributed by atoms with van der Waals surface area (Å²) in [5.41, 5.74) is 8.82. The highest BCUT2D eigenvalue weighted by Crippen LogP contribution is 2.26. The van der Waals surface area contributed by atoms with Crippen LogP contribution < -0.4 is 10.6 Å². The highest BCUT2D eigenvalue weighted by molar-refractivity contribution is 5.85. The van der Waals surface area contributed by atoms with Gasteiger partial charge in [0.1, 0.15) is 0 Å². The molecule has 0 spiro atoms. The summed E-state index contributed by atoms with van der Waals surface area (Å²) in [4.78, 5) is 2.41. The molecular formula is C12H19ClN2. The van der Waals surface area contributed by atoms with Crippen LogP contribution in [0.4, 0.5) is 5.69 Å². The molecule has 15 heavy (non-hydrogen) atoms. The number of hydrogen-bond donors (Lipinski definition) is 1. The van der Waals surface area contributed by atoms with Crippen LogP contribution in [0.15, 0.2) is 24.3 Å². The number of para-hydroxylation sites is 1. The Balaban J connectivity index is 0.00000112. The molecule has 0 amide bonds. The van der Waals surface area contributed by atoms with E-state index in [4.69, 9.17) is 5.73 Å². The Morgan fingerprint density at radius 1 is 1.40 bits per heavy atom. The van der Waals surface area contributed by atoms with Gasteiger partial charge in [-0.2, -0.15) is 0 Å². The highest BCUT2D eigenvalue weighted by atomic mass is 35.5. The van der Waals surface area contributed by atoms with E-state index < -0.39 is 0 Å². The number of hydrogen-bond acceptors (Lipinski definition) is 2. The Kier molecular flexibility index (Phi) is 4.43. The largest absolute Gasteiger partial charge is 0.370 e. The van der Waals surface area contributed by atoms with E-state index in [0.29, 0.717) is 6.04 Å². The molecular weight excluding hydrogens is 208 g/mol. The lowest BCUT2D eigenvalue weighted by Gasteiger charge is -2.34. The van der Waals surface area contributed by atoms with Crippen molar-refractivity contribution < 1.29 is 0 Å². The third-order valence-corrected chi connectivity index (χ3v) is 2.76. The van der Waals surface area contributed by atoms with Crippen LogP contribution in [0.5, 0.6) is 0 Å². The second kappa shape index (κ2) is 5.38. The lowest BCUT2D eigenvalue weighted by molar-refractivity contribution is 0.596. The van der Waals surface area contributed by atoms with Gasteiger partial charge in [0.05, 0.1) is 0 Å². The first kappa shape index (κ1) is 12.3. The van der Waals surface area contributed by atoms with E-state index >= 15 is 0 Å². The number of nitrogens with two attached hydrogens (primary N) is 1. The van der Waals surface area contributed by atoms with E-state index in [0.717, 1.165) is 19.5 Å². The van der Waals surface area contributed by atoms with Crippen LogP contribution in [0.3, 0.4) is 0 Å². The monoisotopic (exact) mass is 226 g/mol. The SMILES string of the molecule is CCCN1C[C@H](N)Cc2ccccc21.Cl. The van der Waals surface area contributed by atoms with Crippen LogP contribution in [-0.2, 0) is 6.42 Å². The summed E-state index contributed by atoms with van der Waals surface area (Å²) >= 11 is 0. The molecule has 1 heterocycles. The average Bonchev–Trinajstić information content (AvgIpc) is 2.18. The van der Waals surface area contributed by atoms with Gasteiger partial charge in [-0.15, -0.1) is 12.4 Å². The molecule has 1 aliphatic heterocycles. The fourth-order valence-electron chi connectivity index (χ4n) is 2.20.